The molecule has 23 heavy (non-hydrogen) atoms. The van der Waals surface area contributed by atoms with E-state index in [1.54, 1.807) is 12.1 Å². The first kappa shape index (κ1) is 17.8. The Balaban J connectivity index is 1.61. The van der Waals surface area contributed by atoms with Crippen LogP contribution in [-0.4, -0.2) is 73.8 Å². The number of carbonyl (C=O) groups is 1. The number of amides is 2. The number of likely N-dealkylation sites (tertiary alicyclic amines) is 1. The number of nitrogens with zero attached hydrogens (tertiary/aromatic N) is 2. The maximum absolute atomic E-state index is 11.9. The predicted molar refractivity (Wildman–Crippen MR) is 88.2 cm³/mol. The number of hydrogen-bond acceptors (Lipinski definition) is 5. The molecule has 3 N–H and O–H groups in total. The van der Waals surface area contributed by atoms with Crippen LogP contribution in [-0.2, 0) is 0 Å². The van der Waals surface area contributed by atoms with E-state index in [9.17, 15) is 9.90 Å². The number of furan rings is 1. The maximum atomic E-state index is 11.9. The van der Waals surface area contributed by atoms with Crippen molar-refractivity contribution >= 4 is 6.03 Å². The SMILES string of the molecule is CN(C)CCN1CCC(NC(=O)NCC(O)c2ccco2)CC1. The number of piperidine rings is 1. The summed E-state index contributed by atoms with van der Waals surface area (Å²) in [6.07, 6.45) is 2.61. The van der Waals surface area contributed by atoms with Crippen molar-refractivity contribution in [2.24, 2.45) is 0 Å². The third-order valence-corrected chi connectivity index (χ3v) is 4.11. The van der Waals surface area contributed by atoms with E-state index in [4.69, 9.17) is 4.42 Å². The van der Waals surface area contributed by atoms with Crippen LogP contribution in [0.2, 0.25) is 0 Å². The van der Waals surface area contributed by atoms with E-state index in [-0.39, 0.29) is 18.6 Å². The molecule has 1 fully saturated rings. The monoisotopic (exact) mass is 324 g/mol. The first-order valence-corrected chi connectivity index (χ1v) is 8.17. The van der Waals surface area contributed by atoms with Crippen LogP contribution in [0.3, 0.4) is 0 Å². The van der Waals surface area contributed by atoms with Gasteiger partial charge in [0.2, 0.25) is 0 Å². The van der Waals surface area contributed by atoms with Crippen LogP contribution >= 0.6 is 0 Å². The Labute approximate surface area is 137 Å². The highest BCUT2D eigenvalue weighted by molar-refractivity contribution is 5.74. The molecule has 1 aromatic rings. The van der Waals surface area contributed by atoms with Crippen molar-refractivity contribution in [2.75, 3.05) is 46.8 Å². The van der Waals surface area contributed by atoms with Gasteiger partial charge in [0, 0.05) is 32.2 Å². The molecule has 130 valence electrons. The second-order valence-corrected chi connectivity index (χ2v) is 6.30. The predicted octanol–water partition coefficient (Wildman–Crippen LogP) is 0.638. The molecule has 0 spiro atoms. The van der Waals surface area contributed by atoms with Crippen LogP contribution in [0.4, 0.5) is 4.79 Å². The van der Waals surface area contributed by atoms with E-state index in [0.29, 0.717) is 5.76 Å². The molecule has 1 unspecified atom stereocenters. The molecule has 0 saturated carbocycles. The van der Waals surface area contributed by atoms with Crippen molar-refractivity contribution in [3.63, 3.8) is 0 Å². The second-order valence-electron chi connectivity index (χ2n) is 6.30. The van der Waals surface area contributed by atoms with E-state index < -0.39 is 6.10 Å². The highest BCUT2D eigenvalue weighted by Gasteiger charge is 2.21. The third kappa shape index (κ3) is 6.21. The topological polar surface area (TPSA) is 81.0 Å². The standard InChI is InChI=1S/C16H28N4O3/c1-19(2)9-10-20-7-5-13(6-8-20)18-16(22)17-12-14(21)15-4-3-11-23-15/h3-4,11,13-14,21H,5-10,12H2,1-2H3,(H2,17,18,22). The van der Waals surface area contributed by atoms with Crippen LogP contribution in [0.25, 0.3) is 0 Å². The highest BCUT2D eigenvalue weighted by atomic mass is 16.4. The summed E-state index contributed by atoms with van der Waals surface area (Å²) in [6.45, 7) is 4.28. The maximum Gasteiger partial charge on any atom is 0.315 e. The van der Waals surface area contributed by atoms with E-state index in [1.807, 2.05) is 0 Å². The van der Waals surface area contributed by atoms with Gasteiger partial charge in [0.05, 0.1) is 12.8 Å². The molecule has 0 radical (unpaired) electrons. The molecule has 1 aliphatic heterocycles. The van der Waals surface area contributed by atoms with E-state index in [1.165, 1.54) is 6.26 Å². The Kier molecular flexibility index (Phi) is 6.88. The largest absolute Gasteiger partial charge is 0.467 e. The van der Waals surface area contributed by atoms with Gasteiger partial charge in [0.15, 0.2) is 0 Å². The smallest absolute Gasteiger partial charge is 0.315 e. The Morgan fingerprint density at radius 1 is 1.48 bits per heavy atom. The molecule has 1 aromatic heterocycles. The van der Waals surface area contributed by atoms with Crippen LogP contribution in [0.5, 0.6) is 0 Å². The zero-order chi connectivity index (χ0) is 16.7. The molecule has 7 heteroatoms. The minimum absolute atomic E-state index is 0.140. The highest BCUT2D eigenvalue weighted by Crippen LogP contribution is 2.12. The summed E-state index contributed by atoms with van der Waals surface area (Å²) in [4.78, 5) is 16.5. The zero-order valence-electron chi connectivity index (χ0n) is 14.0. The van der Waals surface area contributed by atoms with Crippen molar-refractivity contribution in [3.8, 4) is 0 Å². The van der Waals surface area contributed by atoms with Crippen molar-refractivity contribution < 1.29 is 14.3 Å². The summed E-state index contributed by atoms with van der Waals surface area (Å²) in [7, 11) is 4.16. The Bertz CT molecular complexity index is 456. The van der Waals surface area contributed by atoms with Gasteiger partial charge < -0.3 is 30.0 Å². The first-order valence-electron chi connectivity index (χ1n) is 8.17. The number of likely N-dealkylation sites (N-methyl/N-ethyl adjacent to an activating group) is 1. The molecule has 2 rings (SSSR count). The van der Waals surface area contributed by atoms with Crippen LogP contribution in [0, 0.1) is 0 Å². The molecule has 1 aliphatic rings. The zero-order valence-corrected chi connectivity index (χ0v) is 14.0. The lowest BCUT2D eigenvalue weighted by Gasteiger charge is -2.32. The second kappa shape index (κ2) is 8.90. The molecule has 0 aliphatic carbocycles. The molecular weight excluding hydrogens is 296 g/mol. The molecule has 2 amide bonds. The summed E-state index contributed by atoms with van der Waals surface area (Å²) in [6, 6.07) is 3.37. The number of aliphatic hydroxyl groups excluding tert-OH is 1. The molecule has 1 atom stereocenters. The van der Waals surface area contributed by atoms with Crippen molar-refractivity contribution in [3.05, 3.63) is 24.2 Å². The van der Waals surface area contributed by atoms with Crippen LogP contribution < -0.4 is 10.6 Å². The summed E-state index contributed by atoms with van der Waals surface area (Å²) in [5.74, 6) is 0.458. The van der Waals surface area contributed by atoms with Gasteiger partial charge in [-0.2, -0.15) is 0 Å². The molecular formula is C16H28N4O3. The quantitative estimate of drug-likeness (QED) is 0.686. The number of aliphatic hydroxyl groups is 1. The number of carbonyl (C=O) groups excluding carboxylic acids is 1. The van der Waals surface area contributed by atoms with Gasteiger partial charge in [-0.05, 0) is 39.1 Å². The molecule has 0 bridgehead atoms. The van der Waals surface area contributed by atoms with Crippen molar-refractivity contribution in [1.82, 2.24) is 20.4 Å². The van der Waals surface area contributed by atoms with E-state index in [0.717, 1.165) is 39.0 Å². The Morgan fingerprint density at radius 2 is 2.22 bits per heavy atom. The van der Waals surface area contributed by atoms with E-state index in [2.05, 4.69) is 34.5 Å². The minimum Gasteiger partial charge on any atom is -0.467 e. The normalized spacial score (nSPS) is 18.1. The van der Waals surface area contributed by atoms with Gasteiger partial charge >= 0.3 is 6.03 Å². The fraction of sp³-hybridized carbons (Fsp3) is 0.688. The number of hydrogen-bond donors (Lipinski definition) is 3. The average Bonchev–Trinajstić information content (AvgIpc) is 3.06. The molecule has 2 heterocycles. The fourth-order valence-electron chi connectivity index (χ4n) is 2.65. The van der Waals surface area contributed by atoms with Crippen LogP contribution in [0.1, 0.15) is 24.7 Å². The fourth-order valence-corrected chi connectivity index (χ4v) is 2.65. The Morgan fingerprint density at radius 3 is 2.83 bits per heavy atom. The van der Waals surface area contributed by atoms with Gasteiger partial charge in [-0.1, -0.05) is 0 Å². The van der Waals surface area contributed by atoms with Crippen molar-refractivity contribution in [1.29, 1.82) is 0 Å². The van der Waals surface area contributed by atoms with Gasteiger partial charge in [-0.3, -0.25) is 0 Å². The minimum atomic E-state index is -0.816. The van der Waals surface area contributed by atoms with Gasteiger partial charge in [-0.15, -0.1) is 0 Å². The van der Waals surface area contributed by atoms with E-state index >= 15 is 0 Å². The lowest BCUT2D eigenvalue weighted by atomic mass is 10.1. The Hall–Kier alpha value is -1.57. The lowest BCUT2D eigenvalue weighted by Crippen LogP contribution is -2.49. The van der Waals surface area contributed by atoms with Crippen LogP contribution in [0.15, 0.2) is 22.8 Å². The summed E-state index contributed by atoms with van der Waals surface area (Å²) < 4.78 is 5.10. The average molecular weight is 324 g/mol. The number of urea groups is 1. The van der Waals surface area contributed by atoms with Gasteiger partial charge in [-0.25, -0.2) is 4.79 Å². The van der Waals surface area contributed by atoms with Crippen molar-refractivity contribution in [2.45, 2.75) is 25.0 Å². The van der Waals surface area contributed by atoms with Gasteiger partial charge in [0.1, 0.15) is 11.9 Å². The lowest BCUT2D eigenvalue weighted by molar-refractivity contribution is 0.146. The number of rotatable bonds is 7. The van der Waals surface area contributed by atoms with Gasteiger partial charge in [0.25, 0.3) is 0 Å². The summed E-state index contributed by atoms with van der Waals surface area (Å²) in [5, 5.41) is 15.5. The third-order valence-electron chi connectivity index (χ3n) is 4.11. The molecule has 7 nitrogen and oxygen atoms in total. The first-order chi connectivity index (χ1) is 11.0. The molecule has 0 aromatic carbocycles. The summed E-state index contributed by atoms with van der Waals surface area (Å²) >= 11 is 0. The summed E-state index contributed by atoms with van der Waals surface area (Å²) in [5.41, 5.74) is 0. The number of nitrogens with one attached hydrogen (secondary N) is 2. The molecule has 1 saturated heterocycles.